The first-order valence-corrected chi connectivity index (χ1v) is 8.63. The summed E-state index contributed by atoms with van der Waals surface area (Å²) in [5, 5.41) is 11.7. The maximum atomic E-state index is 12.4. The van der Waals surface area contributed by atoms with E-state index in [4.69, 9.17) is 0 Å². The second-order valence-electron chi connectivity index (χ2n) is 4.96. The summed E-state index contributed by atoms with van der Waals surface area (Å²) in [6, 6.07) is 13.8. The standard InChI is InChI=1S/C18H17N3O2S/c1-2-24-12-13-6-8-14(9-7-13)17(22)15(11-19)18(23)21-16-5-3-4-10-20-16/h3-10,15H,2,12H2,1H3,(H,20,21,23). The molecule has 24 heavy (non-hydrogen) atoms. The maximum Gasteiger partial charge on any atom is 0.250 e. The average molecular weight is 339 g/mol. The summed E-state index contributed by atoms with van der Waals surface area (Å²) in [6.45, 7) is 2.08. The van der Waals surface area contributed by atoms with Gasteiger partial charge in [-0.3, -0.25) is 9.59 Å². The molecule has 1 unspecified atom stereocenters. The van der Waals surface area contributed by atoms with Gasteiger partial charge in [-0.2, -0.15) is 17.0 Å². The Labute approximate surface area is 145 Å². The van der Waals surface area contributed by atoms with Gasteiger partial charge in [0.05, 0.1) is 6.07 Å². The second-order valence-corrected chi connectivity index (χ2v) is 6.24. The molecule has 0 saturated carbocycles. The van der Waals surface area contributed by atoms with Crippen molar-refractivity contribution in [3.05, 3.63) is 59.8 Å². The van der Waals surface area contributed by atoms with E-state index in [0.29, 0.717) is 11.4 Å². The van der Waals surface area contributed by atoms with Crippen molar-refractivity contribution in [2.45, 2.75) is 12.7 Å². The molecule has 6 heteroatoms. The highest BCUT2D eigenvalue weighted by atomic mass is 32.2. The molecule has 0 aliphatic rings. The first-order valence-electron chi connectivity index (χ1n) is 7.48. The van der Waals surface area contributed by atoms with Crippen molar-refractivity contribution in [3.8, 4) is 6.07 Å². The molecule has 0 saturated heterocycles. The number of pyridine rings is 1. The zero-order chi connectivity index (χ0) is 17.4. The molecule has 1 aromatic heterocycles. The fourth-order valence-corrected chi connectivity index (χ4v) is 2.66. The van der Waals surface area contributed by atoms with E-state index in [0.717, 1.165) is 17.1 Å². The maximum absolute atomic E-state index is 12.4. The van der Waals surface area contributed by atoms with Gasteiger partial charge < -0.3 is 5.32 Å². The topological polar surface area (TPSA) is 82.8 Å². The first kappa shape index (κ1) is 17.7. The number of aromatic nitrogens is 1. The normalized spacial score (nSPS) is 11.3. The molecule has 0 spiro atoms. The Bertz CT molecular complexity index is 739. The summed E-state index contributed by atoms with van der Waals surface area (Å²) in [6.07, 6.45) is 1.52. The van der Waals surface area contributed by atoms with Crippen molar-refractivity contribution in [3.63, 3.8) is 0 Å². The molecule has 1 atom stereocenters. The van der Waals surface area contributed by atoms with Gasteiger partial charge in [-0.15, -0.1) is 0 Å². The Kier molecular flexibility index (Phi) is 6.52. The number of carbonyl (C=O) groups excluding carboxylic acids is 2. The molecule has 0 bridgehead atoms. The molecule has 0 aliphatic carbocycles. The summed E-state index contributed by atoms with van der Waals surface area (Å²) in [5.74, 6) is -0.393. The van der Waals surface area contributed by atoms with Crippen molar-refractivity contribution < 1.29 is 9.59 Å². The quantitative estimate of drug-likeness (QED) is 0.618. The highest BCUT2D eigenvalue weighted by Crippen LogP contribution is 2.16. The number of nitrogens with zero attached hydrogens (tertiary/aromatic N) is 2. The Balaban J connectivity index is 2.08. The van der Waals surface area contributed by atoms with Crippen molar-refractivity contribution in [1.29, 1.82) is 5.26 Å². The van der Waals surface area contributed by atoms with E-state index in [-0.39, 0.29) is 0 Å². The lowest BCUT2D eigenvalue weighted by Crippen LogP contribution is -2.29. The number of rotatable bonds is 7. The van der Waals surface area contributed by atoms with Gasteiger partial charge in [0.1, 0.15) is 5.82 Å². The number of nitriles is 1. The van der Waals surface area contributed by atoms with Crippen LogP contribution in [0.15, 0.2) is 48.7 Å². The molecule has 0 radical (unpaired) electrons. The lowest BCUT2D eigenvalue weighted by atomic mass is 9.97. The number of hydrogen-bond donors (Lipinski definition) is 1. The van der Waals surface area contributed by atoms with Gasteiger partial charge in [0.25, 0.3) is 5.91 Å². The van der Waals surface area contributed by atoms with Crippen LogP contribution >= 0.6 is 11.8 Å². The van der Waals surface area contributed by atoms with Crippen LogP contribution in [0.1, 0.15) is 22.8 Å². The zero-order valence-corrected chi connectivity index (χ0v) is 14.0. The fourth-order valence-electron chi connectivity index (χ4n) is 2.02. The van der Waals surface area contributed by atoms with Crippen molar-refractivity contribution in [1.82, 2.24) is 4.98 Å². The highest BCUT2D eigenvalue weighted by Gasteiger charge is 2.27. The van der Waals surface area contributed by atoms with Gasteiger partial charge in [-0.1, -0.05) is 37.3 Å². The smallest absolute Gasteiger partial charge is 0.250 e. The van der Waals surface area contributed by atoms with Crippen LogP contribution in [0.3, 0.4) is 0 Å². The number of benzene rings is 1. The van der Waals surface area contributed by atoms with Crippen LogP contribution in [0.2, 0.25) is 0 Å². The molecular formula is C18H17N3O2S. The van der Waals surface area contributed by atoms with Crippen molar-refractivity contribution in [2.75, 3.05) is 11.1 Å². The lowest BCUT2D eigenvalue weighted by Gasteiger charge is -2.09. The minimum absolute atomic E-state index is 0.308. The third-order valence-corrected chi connectivity index (χ3v) is 4.23. The number of nitrogens with one attached hydrogen (secondary N) is 1. The van der Waals surface area contributed by atoms with Crippen LogP contribution in [0.5, 0.6) is 0 Å². The van der Waals surface area contributed by atoms with Gasteiger partial charge in [0.2, 0.25) is 0 Å². The molecule has 2 aromatic rings. The third kappa shape index (κ3) is 4.67. The molecule has 1 amide bonds. The predicted octanol–water partition coefficient (Wildman–Crippen LogP) is 3.30. The average Bonchev–Trinajstić information content (AvgIpc) is 2.61. The third-order valence-electron chi connectivity index (χ3n) is 3.28. The Morgan fingerprint density at radius 2 is 2.00 bits per heavy atom. The second kappa shape index (κ2) is 8.85. The molecule has 0 aliphatic heterocycles. The molecule has 0 fully saturated rings. The zero-order valence-electron chi connectivity index (χ0n) is 13.2. The van der Waals surface area contributed by atoms with E-state index in [1.54, 1.807) is 48.2 Å². The lowest BCUT2D eigenvalue weighted by molar-refractivity contribution is -0.117. The van der Waals surface area contributed by atoms with Crippen LogP contribution in [0.25, 0.3) is 0 Å². The highest BCUT2D eigenvalue weighted by molar-refractivity contribution is 7.98. The van der Waals surface area contributed by atoms with Crippen LogP contribution in [0.4, 0.5) is 5.82 Å². The Morgan fingerprint density at radius 1 is 1.25 bits per heavy atom. The molecule has 1 heterocycles. The van der Waals surface area contributed by atoms with Gasteiger partial charge >= 0.3 is 0 Å². The van der Waals surface area contributed by atoms with Crippen LogP contribution in [-0.4, -0.2) is 22.4 Å². The minimum Gasteiger partial charge on any atom is -0.309 e. The van der Waals surface area contributed by atoms with E-state index in [9.17, 15) is 14.9 Å². The van der Waals surface area contributed by atoms with Crippen molar-refractivity contribution >= 4 is 29.3 Å². The molecule has 2 rings (SSSR count). The molecule has 122 valence electrons. The van der Waals surface area contributed by atoms with E-state index in [1.165, 1.54) is 6.20 Å². The predicted molar refractivity (Wildman–Crippen MR) is 94.6 cm³/mol. The largest absolute Gasteiger partial charge is 0.309 e. The summed E-state index contributed by atoms with van der Waals surface area (Å²) in [5.41, 5.74) is 1.45. The number of thioether (sulfide) groups is 1. The summed E-state index contributed by atoms with van der Waals surface area (Å²) >= 11 is 1.78. The number of carbonyl (C=O) groups is 2. The van der Waals surface area contributed by atoms with E-state index in [1.807, 2.05) is 12.1 Å². The Hall–Kier alpha value is -2.65. The van der Waals surface area contributed by atoms with E-state index in [2.05, 4.69) is 17.2 Å². The molecular weight excluding hydrogens is 322 g/mol. The molecule has 5 nitrogen and oxygen atoms in total. The van der Waals surface area contributed by atoms with Gasteiger partial charge in [-0.25, -0.2) is 4.98 Å². The van der Waals surface area contributed by atoms with Crippen molar-refractivity contribution in [2.24, 2.45) is 5.92 Å². The van der Waals surface area contributed by atoms with Crippen LogP contribution < -0.4 is 5.32 Å². The minimum atomic E-state index is -1.40. The number of ketones is 1. The number of hydrogen-bond acceptors (Lipinski definition) is 5. The van der Waals surface area contributed by atoms with E-state index < -0.39 is 17.6 Å². The SMILES string of the molecule is CCSCc1ccc(C(=O)C(C#N)C(=O)Nc2ccccn2)cc1. The van der Waals surface area contributed by atoms with Gasteiger partial charge in [-0.05, 0) is 23.4 Å². The number of amides is 1. The molecule has 1 N–H and O–H groups in total. The first-order chi connectivity index (χ1) is 11.7. The number of anilines is 1. The molecule has 1 aromatic carbocycles. The summed E-state index contributed by atoms with van der Waals surface area (Å²) in [4.78, 5) is 28.5. The monoisotopic (exact) mass is 339 g/mol. The fraction of sp³-hybridized carbons (Fsp3) is 0.222. The summed E-state index contributed by atoms with van der Waals surface area (Å²) in [7, 11) is 0. The Morgan fingerprint density at radius 3 is 2.58 bits per heavy atom. The van der Waals surface area contributed by atoms with Crippen LogP contribution in [-0.2, 0) is 10.5 Å². The number of Topliss-reactive ketones (excluding diaryl/α,β-unsaturated/α-hetero) is 1. The van der Waals surface area contributed by atoms with Crippen LogP contribution in [0, 0.1) is 17.2 Å². The van der Waals surface area contributed by atoms with Gasteiger partial charge in [0, 0.05) is 17.5 Å². The summed E-state index contributed by atoms with van der Waals surface area (Å²) < 4.78 is 0. The van der Waals surface area contributed by atoms with E-state index >= 15 is 0 Å². The van der Waals surface area contributed by atoms with Gasteiger partial charge in [0.15, 0.2) is 11.7 Å².